The molecule has 106 valence electrons. The minimum absolute atomic E-state index is 0.191. The van der Waals surface area contributed by atoms with Crippen LogP contribution in [-0.2, 0) is 0 Å². The van der Waals surface area contributed by atoms with Crippen LogP contribution < -0.4 is 5.32 Å². The number of hydrogen-bond donors (Lipinski definition) is 2. The maximum Gasteiger partial charge on any atom is 0.131 e. The van der Waals surface area contributed by atoms with Gasteiger partial charge in [0.25, 0.3) is 0 Å². The SMILES string of the molecule is CC1CCC(NCC(O)c2c(F)cccc2F)CC1. The molecule has 1 aromatic carbocycles. The van der Waals surface area contributed by atoms with E-state index in [1.54, 1.807) is 0 Å². The molecule has 19 heavy (non-hydrogen) atoms. The van der Waals surface area contributed by atoms with Crippen molar-refractivity contribution >= 4 is 0 Å². The first-order chi connectivity index (χ1) is 9.08. The molecule has 0 saturated heterocycles. The lowest BCUT2D eigenvalue weighted by molar-refractivity contribution is 0.154. The molecule has 4 heteroatoms. The molecule has 2 nitrogen and oxygen atoms in total. The lowest BCUT2D eigenvalue weighted by Crippen LogP contribution is -2.35. The molecule has 0 heterocycles. The minimum atomic E-state index is -1.14. The summed E-state index contributed by atoms with van der Waals surface area (Å²) in [6.07, 6.45) is 3.32. The second-order valence-electron chi connectivity index (χ2n) is 5.52. The van der Waals surface area contributed by atoms with E-state index < -0.39 is 17.7 Å². The second-order valence-corrected chi connectivity index (χ2v) is 5.52. The van der Waals surface area contributed by atoms with Crippen LogP contribution in [0, 0.1) is 17.6 Å². The molecule has 1 atom stereocenters. The van der Waals surface area contributed by atoms with E-state index in [-0.39, 0.29) is 12.1 Å². The van der Waals surface area contributed by atoms with Crippen molar-refractivity contribution in [3.8, 4) is 0 Å². The minimum Gasteiger partial charge on any atom is -0.387 e. The van der Waals surface area contributed by atoms with Gasteiger partial charge in [0.05, 0.1) is 11.7 Å². The van der Waals surface area contributed by atoms with Gasteiger partial charge < -0.3 is 10.4 Å². The van der Waals surface area contributed by atoms with Crippen LogP contribution in [-0.4, -0.2) is 17.7 Å². The number of hydrogen-bond acceptors (Lipinski definition) is 2. The normalized spacial score (nSPS) is 25.3. The first kappa shape index (κ1) is 14.4. The predicted octanol–water partition coefficient (Wildman–Crippen LogP) is 3.17. The zero-order valence-electron chi connectivity index (χ0n) is 11.2. The molecule has 0 spiro atoms. The number of halogens is 2. The van der Waals surface area contributed by atoms with Crippen molar-refractivity contribution in [2.24, 2.45) is 5.92 Å². The Balaban J connectivity index is 1.89. The van der Waals surface area contributed by atoms with Gasteiger partial charge in [-0.05, 0) is 43.7 Å². The van der Waals surface area contributed by atoms with Gasteiger partial charge in [0.2, 0.25) is 0 Å². The lowest BCUT2D eigenvalue weighted by Gasteiger charge is -2.28. The number of aliphatic hydroxyl groups excluding tert-OH is 1. The summed E-state index contributed by atoms with van der Waals surface area (Å²) >= 11 is 0. The topological polar surface area (TPSA) is 32.3 Å². The van der Waals surface area contributed by atoms with E-state index in [9.17, 15) is 13.9 Å². The summed E-state index contributed by atoms with van der Waals surface area (Å²) in [6.45, 7) is 2.43. The number of nitrogens with one attached hydrogen (secondary N) is 1. The first-order valence-electron chi connectivity index (χ1n) is 6.93. The van der Waals surface area contributed by atoms with Crippen molar-refractivity contribution in [1.29, 1.82) is 0 Å². The number of aliphatic hydroxyl groups is 1. The summed E-state index contributed by atoms with van der Waals surface area (Å²) in [7, 11) is 0. The van der Waals surface area contributed by atoms with Crippen LogP contribution in [0.3, 0.4) is 0 Å². The standard InChI is InChI=1S/C15H21F2NO/c1-10-5-7-11(8-6-10)18-9-14(19)15-12(16)3-2-4-13(15)17/h2-4,10-11,14,18-19H,5-9H2,1H3. The fourth-order valence-electron chi connectivity index (χ4n) is 2.67. The highest BCUT2D eigenvalue weighted by Crippen LogP contribution is 2.24. The number of benzene rings is 1. The van der Waals surface area contributed by atoms with Gasteiger partial charge in [-0.1, -0.05) is 13.0 Å². The van der Waals surface area contributed by atoms with Gasteiger partial charge in [0.15, 0.2) is 0 Å². The van der Waals surface area contributed by atoms with Gasteiger partial charge in [0.1, 0.15) is 11.6 Å². The molecule has 0 amide bonds. The maximum atomic E-state index is 13.5. The molecule has 1 aromatic rings. The molecule has 1 aliphatic rings. The molecule has 0 aromatic heterocycles. The second kappa shape index (κ2) is 6.44. The summed E-state index contributed by atoms with van der Waals surface area (Å²) in [4.78, 5) is 0. The maximum absolute atomic E-state index is 13.5. The molecule has 0 bridgehead atoms. The summed E-state index contributed by atoms with van der Waals surface area (Å²) in [5, 5.41) is 13.1. The van der Waals surface area contributed by atoms with E-state index in [4.69, 9.17) is 0 Å². The van der Waals surface area contributed by atoms with Crippen molar-refractivity contribution in [2.75, 3.05) is 6.54 Å². The predicted molar refractivity (Wildman–Crippen MR) is 70.7 cm³/mol. The Hall–Kier alpha value is -1.00. The third kappa shape index (κ3) is 3.74. The van der Waals surface area contributed by atoms with E-state index in [1.807, 2.05) is 0 Å². The largest absolute Gasteiger partial charge is 0.387 e. The van der Waals surface area contributed by atoms with Crippen molar-refractivity contribution in [3.63, 3.8) is 0 Å². The highest BCUT2D eigenvalue weighted by atomic mass is 19.1. The van der Waals surface area contributed by atoms with E-state index >= 15 is 0 Å². The molecular formula is C15H21F2NO. The number of rotatable bonds is 4. The van der Waals surface area contributed by atoms with Crippen LogP contribution in [0.2, 0.25) is 0 Å². The first-order valence-corrected chi connectivity index (χ1v) is 6.93. The summed E-state index contributed by atoms with van der Waals surface area (Å²) in [5.74, 6) is -0.620. The molecule has 0 aliphatic heterocycles. The highest BCUT2D eigenvalue weighted by Gasteiger charge is 2.21. The van der Waals surface area contributed by atoms with Gasteiger partial charge in [-0.15, -0.1) is 0 Å². The Labute approximate surface area is 112 Å². The van der Waals surface area contributed by atoms with Gasteiger partial charge in [0, 0.05) is 12.6 Å². The van der Waals surface area contributed by atoms with E-state index in [0.29, 0.717) is 6.04 Å². The van der Waals surface area contributed by atoms with Crippen molar-refractivity contribution in [3.05, 3.63) is 35.4 Å². The van der Waals surface area contributed by atoms with Crippen LogP contribution in [0.25, 0.3) is 0 Å². The van der Waals surface area contributed by atoms with Gasteiger partial charge in [-0.2, -0.15) is 0 Å². The van der Waals surface area contributed by atoms with Crippen molar-refractivity contribution in [2.45, 2.75) is 44.8 Å². The van der Waals surface area contributed by atoms with Crippen molar-refractivity contribution in [1.82, 2.24) is 5.32 Å². The monoisotopic (exact) mass is 269 g/mol. The third-order valence-corrected chi connectivity index (χ3v) is 3.95. The molecular weight excluding hydrogens is 248 g/mol. The highest BCUT2D eigenvalue weighted by molar-refractivity contribution is 5.22. The summed E-state index contributed by atoms with van der Waals surface area (Å²) < 4.78 is 27.0. The smallest absolute Gasteiger partial charge is 0.131 e. The Morgan fingerprint density at radius 2 is 1.79 bits per heavy atom. The van der Waals surface area contributed by atoms with E-state index in [1.165, 1.54) is 31.0 Å². The molecule has 1 unspecified atom stereocenters. The Kier molecular flexibility index (Phi) is 4.88. The molecule has 2 N–H and O–H groups in total. The van der Waals surface area contributed by atoms with Gasteiger partial charge in [-0.3, -0.25) is 0 Å². The van der Waals surface area contributed by atoms with Crippen LogP contribution in [0.5, 0.6) is 0 Å². The Bertz CT molecular complexity index is 396. The molecule has 1 aliphatic carbocycles. The zero-order valence-corrected chi connectivity index (χ0v) is 11.2. The molecule has 2 rings (SSSR count). The third-order valence-electron chi connectivity index (χ3n) is 3.95. The van der Waals surface area contributed by atoms with Crippen LogP contribution >= 0.6 is 0 Å². The summed E-state index contributed by atoms with van der Waals surface area (Å²) in [5.41, 5.74) is -0.237. The summed E-state index contributed by atoms with van der Waals surface area (Å²) in [6, 6.07) is 3.99. The van der Waals surface area contributed by atoms with Crippen LogP contribution in [0.1, 0.15) is 44.3 Å². The van der Waals surface area contributed by atoms with E-state index in [0.717, 1.165) is 18.8 Å². The van der Waals surface area contributed by atoms with Crippen LogP contribution in [0.15, 0.2) is 18.2 Å². The van der Waals surface area contributed by atoms with E-state index in [2.05, 4.69) is 12.2 Å². The molecule has 1 fully saturated rings. The average molecular weight is 269 g/mol. The van der Waals surface area contributed by atoms with Gasteiger partial charge in [-0.25, -0.2) is 8.78 Å². The quantitative estimate of drug-likeness (QED) is 0.880. The Morgan fingerprint density at radius 1 is 1.21 bits per heavy atom. The molecule has 0 radical (unpaired) electrons. The van der Waals surface area contributed by atoms with Crippen molar-refractivity contribution < 1.29 is 13.9 Å². The zero-order chi connectivity index (χ0) is 13.8. The Morgan fingerprint density at radius 3 is 2.37 bits per heavy atom. The molecule has 1 saturated carbocycles. The fourth-order valence-corrected chi connectivity index (χ4v) is 2.67. The fraction of sp³-hybridized carbons (Fsp3) is 0.600. The average Bonchev–Trinajstić information content (AvgIpc) is 2.38. The lowest BCUT2D eigenvalue weighted by atomic mass is 9.87. The van der Waals surface area contributed by atoms with Crippen LogP contribution in [0.4, 0.5) is 8.78 Å². The van der Waals surface area contributed by atoms with Gasteiger partial charge >= 0.3 is 0 Å².